The van der Waals surface area contributed by atoms with Crippen molar-refractivity contribution in [2.24, 2.45) is 0 Å². The van der Waals surface area contributed by atoms with Crippen LogP contribution < -0.4 is 4.74 Å². The fourth-order valence-corrected chi connectivity index (χ4v) is 2.35. The summed E-state index contributed by atoms with van der Waals surface area (Å²) in [6, 6.07) is 6.55. The Balaban J connectivity index is 2.06. The van der Waals surface area contributed by atoms with Gasteiger partial charge in [0, 0.05) is 30.2 Å². The van der Waals surface area contributed by atoms with Gasteiger partial charge in [-0.1, -0.05) is 11.6 Å². The summed E-state index contributed by atoms with van der Waals surface area (Å²) < 4.78 is 11.0. The number of carboxylic acid groups (broad SMARTS) is 1. The van der Waals surface area contributed by atoms with Gasteiger partial charge in [-0.05, 0) is 24.3 Å². The summed E-state index contributed by atoms with van der Waals surface area (Å²) in [6.07, 6.45) is 1.26. The summed E-state index contributed by atoms with van der Waals surface area (Å²) >= 11 is 5.94. The van der Waals surface area contributed by atoms with Crippen LogP contribution >= 0.6 is 11.6 Å². The van der Waals surface area contributed by atoms with E-state index < -0.39 is 5.97 Å². The van der Waals surface area contributed by atoms with E-state index >= 15 is 0 Å². The van der Waals surface area contributed by atoms with E-state index in [0.717, 1.165) is 32.8 Å². The number of hydrogen-bond acceptors (Lipinski definition) is 5. The van der Waals surface area contributed by atoms with Crippen LogP contribution in [0.25, 0.3) is 6.08 Å². The Bertz CT molecular complexity index is 633. The zero-order valence-corrected chi connectivity index (χ0v) is 13.3. The predicted molar refractivity (Wildman–Crippen MR) is 85.4 cm³/mol. The van der Waals surface area contributed by atoms with Gasteiger partial charge in [0.15, 0.2) is 0 Å². The minimum atomic E-state index is -1.29. The maximum absolute atomic E-state index is 11.0. The molecule has 1 N–H and O–H groups in total. The Hall–Kier alpha value is -2.07. The summed E-state index contributed by atoms with van der Waals surface area (Å²) in [5, 5.41) is 18.3. The van der Waals surface area contributed by atoms with Crippen LogP contribution in [0.4, 0.5) is 0 Å². The Morgan fingerprint density at radius 3 is 2.87 bits per heavy atom. The van der Waals surface area contributed by atoms with Crippen molar-refractivity contribution in [1.82, 2.24) is 4.90 Å². The predicted octanol–water partition coefficient (Wildman–Crippen LogP) is 2.04. The Morgan fingerprint density at radius 2 is 2.22 bits per heavy atom. The van der Waals surface area contributed by atoms with Crippen molar-refractivity contribution in [3.05, 3.63) is 34.4 Å². The van der Waals surface area contributed by atoms with Crippen molar-refractivity contribution < 1.29 is 19.4 Å². The Labute approximate surface area is 139 Å². The number of carboxylic acids is 1. The molecule has 1 aliphatic rings. The molecule has 0 saturated carbocycles. The maximum Gasteiger partial charge on any atom is 0.346 e. The van der Waals surface area contributed by atoms with Crippen LogP contribution in [0.15, 0.2) is 23.8 Å². The zero-order chi connectivity index (χ0) is 16.7. The molecule has 0 amide bonds. The van der Waals surface area contributed by atoms with E-state index in [1.807, 2.05) is 0 Å². The first-order chi connectivity index (χ1) is 11.1. The largest absolute Gasteiger partial charge is 0.492 e. The summed E-state index contributed by atoms with van der Waals surface area (Å²) in [5.41, 5.74) is 0.101. The SMILES string of the molecule is N#CC(=Cc1cc(Cl)ccc1OCCN1CCOCC1)C(=O)O. The Kier molecular flexibility index (Phi) is 6.41. The molecule has 1 fully saturated rings. The normalized spacial score (nSPS) is 15.9. The van der Waals surface area contributed by atoms with Crippen molar-refractivity contribution in [2.45, 2.75) is 0 Å². The minimum absolute atomic E-state index is 0.370. The van der Waals surface area contributed by atoms with E-state index in [0.29, 0.717) is 22.9 Å². The average Bonchev–Trinajstić information content (AvgIpc) is 2.55. The van der Waals surface area contributed by atoms with Gasteiger partial charge in [0.1, 0.15) is 24.0 Å². The number of ether oxygens (including phenoxy) is 2. The number of rotatable bonds is 6. The second-order valence-corrected chi connectivity index (χ2v) is 5.40. The fraction of sp³-hybridized carbons (Fsp3) is 0.375. The third kappa shape index (κ3) is 5.25. The van der Waals surface area contributed by atoms with Gasteiger partial charge >= 0.3 is 5.97 Å². The van der Waals surface area contributed by atoms with Crippen LogP contribution in [0, 0.1) is 11.3 Å². The molecule has 23 heavy (non-hydrogen) atoms. The maximum atomic E-state index is 11.0. The number of halogens is 1. The number of nitrogens with zero attached hydrogens (tertiary/aromatic N) is 2. The first kappa shape index (κ1) is 17.3. The summed E-state index contributed by atoms with van der Waals surface area (Å²) in [7, 11) is 0. The number of nitriles is 1. The summed E-state index contributed by atoms with van der Waals surface area (Å²) in [6.45, 7) is 4.39. The highest BCUT2D eigenvalue weighted by Gasteiger charge is 2.12. The van der Waals surface area contributed by atoms with E-state index in [9.17, 15) is 4.79 Å². The van der Waals surface area contributed by atoms with Gasteiger partial charge in [0.25, 0.3) is 0 Å². The number of carbonyl (C=O) groups is 1. The number of hydrogen-bond donors (Lipinski definition) is 1. The molecule has 6 nitrogen and oxygen atoms in total. The highest BCUT2D eigenvalue weighted by atomic mass is 35.5. The van der Waals surface area contributed by atoms with Crippen molar-refractivity contribution in [1.29, 1.82) is 5.26 Å². The van der Waals surface area contributed by atoms with E-state index in [1.165, 1.54) is 6.08 Å². The van der Waals surface area contributed by atoms with Gasteiger partial charge in [-0.2, -0.15) is 5.26 Å². The van der Waals surface area contributed by atoms with Crippen LogP contribution in [0.3, 0.4) is 0 Å². The smallest absolute Gasteiger partial charge is 0.346 e. The van der Waals surface area contributed by atoms with Gasteiger partial charge in [0.05, 0.1) is 13.2 Å². The molecule has 0 unspecified atom stereocenters. The number of aliphatic carboxylic acids is 1. The molecule has 0 spiro atoms. The number of benzene rings is 1. The van der Waals surface area contributed by atoms with E-state index in [4.69, 9.17) is 31.4 Å². The van der Waals surface area contributed by atoms with Crippen LogP contribution in [0.1, 0.15) is 5.56 Å². The highest BCUT2D eigenvalue weighted by molar-refractivity contribution is 6.30. The summed E-state index contributed by atoms with van der Waals surface area (Å²) in [5.74, 6) is -0.789. The third-order valence-corrected chi connectivity index (χ3v) is 3.63. The van der Waals surface area contributed by atoms with Crippen molar-refractivity contribution in [3.63, 3.8) is 0 Å². The molecule has 0 atom stereocenters. The van der Waals surface area contributed by atoms with Crippen molar-refractivity contribution >= 4 is 23.6 Å². The number of morpholine rings is 1. The molecule has 0 aliphatic carbocycles. The van der Waals surface area contributed by atoms with Gasteiger partial charge in [0.2, 0.25) is 0 Å². The van der Waals surface area contributed by atoms with Gasteiger partial charge < -0.3 is 14.6 Å². The van der Waals surface area contributed by atoms with Crippen LogP contribution in [0.2, 0.25) is 5.02 Å². The molecule has 2 rings (SSSR count). The average molecular weight is 337 g/mol. The highest BCUT2D eigenvalue weighted by Crippen LogP contribution is 2.25. The molecule has 1 saturated heterocycles. The first-order valence-electron chi connectivity index (χ1n) is 7.17. The molecular weight excluding hydrogens is 320 g/mol. The second-order valence-electron chi connectivity index (χ2n) is 4.96. The molecule has 1 aromatic rings. The second kappa shape index (κ2) is 8.53. The van der Waals surface area contributed by atoms with Crippen molar-refractivity contribution in [2.75, 3.05) is 39.5 Å². The quantitative estimate of drug-likeness (QED) is 0.632. The van der Waals surface area contributed by atoms with E-state index in [2.05, 4.69) is 4.90 Å². The first-order valence-corrected chi connectivity index (χ1v) is 7.55. The Morgan fingerprint density at radius 1 is 1.48 bits per heavy atom. The zero-order valence-electron chi connectivity index (χ0n) is 12.5. The van der Waals surface area contributed by atoms with Crippen LogP contribution in [-0.4, -0.2) is 55.4 Å². The molecule has 122 valence electrons. The van der Waals surface area contributed by atoms with E-state index in [1.54, 1.807) is 24.3 Å². The van der Waals surface area contributed by atoms with Crippen LogP contribution in [0.5, 0.6) is 5.75 Å². The van der Waals surface area contributed by atoms with Gasteiger partial charge in [-0.25, -0.2) is 4.79 Å². The fourth-order valence-electron chi connectivity index (χ4n) is 2.17. The lowest BCUT2D eigenvalue weighted by Gasteiger charge is -2.26. The minimum Gasteiger partial charge on any atom is -0.492 e. The molecule has 1 aromatic carbocycles. The van der Waals surface area contributed by atoms with E-state index in [-0.39, 0.29) is 5.57 Å². The molecular formula is C16H17ClN2O4. The van der Waals surface area contributed by atoms with Gasteiger partial charge in [-0.15, -0.1) is 0 Å². The lowest BCUT2D eigenvalue weighted by Crippen LogP contribution is -2.38. The molecule has 1 heterocycles. The lowest BCUT2D eigenvalue weighted by atomic mass is 10.1. The van der Waals surface area contributed by atoms with Crippen molar-refractivity contribution in [3.8, 4) is 11.8 Å². The molecule has 1 aliphatic heterocycles. The summed E-state index contributed by atoms with van der Waals surface area (Å²) in [4.78, 5) is 13.2. The standard InChI is InChI=1S/C16H17ClN2O4/c17-14-1-2-15(12(10-14)9-13(11-18)16(20)21)23-8-5-19-3-6-22-7-4-19/h1-2,9-10H,3-8H2,(H,20,21). The monoisotopic (exact) mass is 336 g/mol. The molecule has 7 heteroatoms. The lowest BCUT2D eigenvalue weighted by molar-refractivity contribution is -0.132. The third-order valence-electron chi connectivity index (χ3n) is 3.39. The van der Waals surface area contributed by atoms with Crippen LogP contribution in [-0.2, 0) is 9.53 Å². The van der Waals surface area contributed by atoms with Gasteiger partial charge in [-0.3, -0.25) is 4.90 Å². The molecule has 0 aromatic heterocycles. The topological polar surface area (TPSA) is 82.8 Å². The molecule has 0 bridgehead atoms. The molecule has 0 radical (unpaired) electrons.